The van der Waals surface area contributed by atoms with Crippen LogP contribution in [0.15, 0.2) is 47.4 Å². The molecule has 2 aromatic rings. The molecule has 0 spiro atoms. The van der Waals surface area contributed by atoms with Crippen LogP contribution in [-0.2, 0) is 10.0 Å². The van der Waals surface area contributed by atoms with Gasteiger partial charge >= 0.3 is 0 Å². The van der Waals surface area contributed by atoms with Gasteiger partial charge in [0.1, 0.15) is 5.69 Å². The summed E-state index contributed by atoms with van der Waals surface area (Å²) in [4.78, 5) is 33.2. The molecule has 32 heavy (non-hydrogen) atoms. The summed E-state index contributed by atoms with van der Waals surface area (Å²) in [6.45, 7) is 2.56. The number of ketones is 1. The first kappa shape index (κ1) is 23.3. The molecule has 1 aliphatic rings. The third-order valence-corrected chi connectivity index (χ3v) is 7.26. The zero-order valence-electron chi connectivity index (χ0n) is 17.3. The molecule has 0 bridgehead atoms. The Bertz CT molecular complexity index is 1160. The Hall–Kier alpha value is -3.38. The van der Waals surface area contributed by atoms with E-state index in [1.54, 1.807) is 0 Å². The van der Waals surface area contributed by atoms with Gasteiger partial charge in [0.15, 0.2) is 5.78 Å². The number of hydrogen-bond acceptors (Lipinski definition) is 8. The molecule has 2 aromatic carbocycles. The Morgan fingerprint density at radius 2 is 1.78 bits per heavy atom. The molecular weight excluding hydrogens is 440 g/mol. The normalized spacial score (nSPS) is 15.3. The van der Waals surface area contributed by atoms with E-state index in [-0.39, 0.29) is 22.7 Å². The quantitative estimate of drug-likeness (QED) is 0.356. The number of piperidine rings is 1. The lowest BCUT2D eigenvalue weighted by atomic mass is 10.0. The summed E-state index contributed by atoms with van der Waals surface area (Å²) in [5, 5.41) is 24.7. The first-order valence-electron chi connectivity index (χ1n) is 9.89. The van der Waals surface area contributed by atoms with Crippen LogP contribution >= 0.6 is 0 Å². The Morgan fingerprint density at radius 3 is 2.41 bits per heavy atom. The van der Waals surface area contributed by atoms with E-state index in [0.29, 0.717) is 19.0 Å². The van der Waals surface area contributed by atoms with E-state index < -0.39 is 37.0 Å². The largest absolute Gasteiger partial charge is 0.372 e. The van der Waals surface area contributed by atoms with Crippen molar-refractivity contribution in [2.24, 2.45) is 5.92 Å². The maximum absolute atomic E-state index is 12.9. The highest BCUT2D eigenvalue weighted by Gasteiger charge is 2.28. The molecule has 12 heteroatoms. The lowest BCUT2D eigenvalue weighted by Gasteiger charge is -2.29. The second-order valence-electron chi connectivity index (χ2n) is 7.61. The molecule has 1 fully saturated rings. The highest BCUT2D eigenvalue weighted by atomic mass is 32.2. The number of benzene rings is 2. The Kier molecular flexibility index (Phi) is 6.84. The molecule has 0 amide bonds. The second kappa shape index (κ2) is 9.40. The minimum Gasteiger partial charge on any atom is -0.372 e. The summed E-state index contributed by atoms with van der Waals surface area (Å²) in [5.41, 5.74) is -0.907. The van der Waals surface area contributed by atoms with Crippen molar-refractivity contribution in [2.75, 3.05) is 25.0 Å². The third kappa shape index (κ3) is 5.08. The zero-order valence-corrected chi connectivity index (χ0v) is 18.1. The first-order chi connectivity index (χ1) is 15.1. The fourth-order valence-corrected chi connectivity index (χ4v) is 4.93. The molecule has 170 valence electrons. The van der Waals surface area contributed by atoms with Gasteiger partial charge < -0.3 is 5.32 Å². The molecule has 0 radical (unpaired) electrons. The lowest BCUT2D eigenvalue weighted by Crippen LogP contribution is -2.37. The number of sulfonamides is 1. The minimum atomic E-state index is -3.73. The van der Waals surface area contributed by atoms with E-state index in [9.17, 15) is 33.4 Å². The summed E-state index contributed by atoms with van der Waals surface area (Å²) in [5.74, 6) is -0.0223. The average Bonchev–Trinajstić information content (AvgIpc) is 2.77. The number of nitro groups is 2. The monoisotopic (exact) mass is 462 g/mol. The van der Waals surface area contributed by atoms with Gasteiger partial charge in [-0.25, -0.2) is 8.42 Å². The standard InChI is InChI=1S/C20H22N4O7S/c1-14-7-9-22(10-8-14)32(30,31)17-4-2-3-15(11-17)20(25)13-21-18-6-5-16(23(26)27)12-19(18)24(28)29/h2-6,11-12,14,21H,7-10,13H2,1H3. The van der Waals surface area contributed by atoms with Crippen molar-refractivity contribution in [2.45, 2.75) is 24.7 Å². The lowest BCUT2D eigenvalue weighted by molar-refractivity contribution is -0.393. The van der Waals surface area contributed by atoms with Gasteiger partial charge in [0.25, 0.3) is 11.4 Å². The minimum absolute atomic E-state index is 0.0132. The van der Waals surface area contributed by atoms with Crippen LogP contribution < -0.4 is 5.32 Å². The number of non-ortho nitro benzene ring substituents is 1. The highest BCUT2D eigenvalue weighted by molar-refractivity contribution is 7.89. The Balaban J connectivity index is 1.76. The number of carbonyl (C=O) groups is 1. The van der Waals surface area contributed by atoms with Crippen molar-refractivity contribution in [1.29, 1.82) is 0 Å². The maximum Gasteiger partial charge on any atom is 0.299 e. The van der Waals surface area contributed by atoms with Crippen LogP contribution in [0.1, 0.15) is 30.1 Å². The summed E-state index contributed by atoms with van der Waals surface area (Å²) in [6.07, 6.45) is 1.55. The Morgan fingerprint density at radius 1 is 1.09 bits per heavy atom. The molecule has 11 nitrogen and oxygen atoms in total. The van der Waals surface area contributed by atoms with Gasteiger partial charge in [-0.3, -0.25) is 25.0 Å². The average molecular weight is 462 g/mol. The van der Waals surface area contributed by atoms with Crippen molar-refractivity contribution in [3.05, 3.63) is 68.3 Å². The van der Waals surface area contributed by atoms with Gasteiger partial charge in [0.05, 0.1) is 27.4 Å². The van der Waals surface area contributed by atoms with E-state index in [0.717, 1.165) is 31.0 Å². The summed E-state index contributed by atoms with van der Waals surface area (Å²) in [6, 6.07) is 8.71. The maximum atomic E-state index is 12.9. The van der Waals surface area contributed by atoms with E-state index in [4.69, 9.17) is 0 Å². The van der Waals surface area contributed by atoms with Crippen LogP contribution in [0.2, 0.25) is 0 Å². The summed E-state index contributed by atoms with van der Waals surface area (Å²) >= 11 is 0. The van der Waals surface area contributed by atoms with Crippen LogP contribution in [0, 0.1) is 26.1 Å². The molecule has 3 rings (SSSR count). The predicted molar refractivity (Wildman–Crippen MR) is 116 cm³/mol. The predicted octanol–water partition coefficient (Wildman–Crippen LogP) is 3.22. The number of anilines is 1. The molecule has 1 aliphatic heterocycles. The molecule has 0 atom stereocenters. The second-order valence-corrected chi connectivity index (χ2v) is 9.54. The summed E-state index contributed by atoms with van der Waals surface area (Å²) in [7, 11) is -3.73. The van der Waals surface area contributed by atoms with Crippen molar-refractivity contribution in [1.82, 2.24) is 4.31 Å². The van der Waals surface area contributed by atoms with E-state index >= 15 is 0 Å². The molecule has 0 saturated carbocycles. The van der Waals surface area contributed by atoms with Crippen molar-refractivity contribution in [3.8, 4) is 0 Å². The molecule has 1 heterocycles. The fourth-order valence-electron chi connectivity index (χ4n) is 3.42. The van der Waals surface area contributed by atoms with Crippen molar-refractivity contribution >= 4 is 32.9 Å². The first-order valence-corrected chi connectivity index (χ1v) is 11.3. The van der Waals surface area contributed by atoms with Gasteiger partial charge in [0, 0.05) is 24.7 Å². The molecule has 0 aromatic heterocycles. The molecule has 0 aliphatic carbocycles. The number of rotatable bonds is 8. The van der Waals surface area contributed by atoms with Gasteiger partial charge in [-0.2, -0.15) is 4.31 Å². The molecule has 0 unspecified atom stereocenters. The van der Waals surface area contributed by atoms with E-state index in [1.807, 2.05) is 0 Å². The van der Waals surface area contributed by atoms with E-state index in [1.165, 1.54) is 28.6 Å². The third-order valence-electron chi connectivity index (χ3n) is 5.36. The number of nitrogens with zero attached hydrogens (tertiary/aromatic N) is 3. The van der Waals surface area contributed by atoms with Crippen LogP contribution in [0.4, 0.5) is 17.1 Å². The highest BCUT2D eigenvalue weighted by Crippen LogP contribution is 2.29. The molecular formula is C20H22N4O7S. The van der Waals surface area contributed by atoms with Gasteiger partial charge in [-0.1, -0.05) is 19.1 Å². The smallest absolute Gasteiger partial charge is 0.299 e. The zero-order chi connectivity index (χ0) is 23.5. The van der Waals surface area contributed by atoms with Crippen molar-refractivity contribution < 1.29 is 23.1 Å². The van der Waals surface area contributed by atoms with Crippen LogP contribution in [0.25, 0.3) is 0 Å². The van der Waals surface area contributed by atoms with E-state index in [2.05, 4.69) is 12.2 Å². The topological polar surface area (TPSA) is 153 Å². The number of nitro benzene ring substituents is 2. The van der Waals surface area contributed by atoms with Crippen LogP contribution in [0.5, 0.6) is 0 Å². The number of hydrogen-bond donors (Lipinski definition) is 1. The Labute approximate surface area is 184 Å². The van der Waals surface area contributed by atoms with Gasteiger partial charge in [-0.05, 0) is 37.0 Å². The van der Waals surface area contributed by atoms with Gasteiger partial charge in [-0.15, -0.1) is 0 Å². The summed E-state index contributed by atoms with van der Waals surface area (Å²) < 4.78 is 27.3. The van der Waals surface area contributed by atoms with Crippen LogP contribution in [0.3, 0.4) is 0 Å². The molecule has 1 N–H and O–H groups in total. The van der Waals surface area contributed by atoms with Crippen molar-refractivity contribution in [3.63, 3.8) is 0 Å². The SMILES string of the molecule is CC1CCN(S(=O)(=O)c2cccc(C(=O)CNc3ccc([N+](=O)[O-])cc3[N+](=O)[O-])c2)CC1. The van der Waals surface area contributed by atoms with Gasteiger partial charge in [0.2, 0.25) is 10.0 Å². The molecule has 1 saturated heterocycles. The fraction of sp³-hybridized carbons (Fsp3) is 0.350. The number of carbonyl (C=O) groups excluding carboxylic acids is 1. The number of nitrogens with one attached hydrogen (secondary N) is 1. The number of Topliss-reactive ketones (excluding diaryl/α,β-unsaturated/α-hetero) is 1. The van der Waals surface area contributed by atoms with Crippen LogP contribution in [-0.4, -0.2) is 48.0 Å².